The molecule has 0 saturated carbocycles. The molecule has 0 unspecified atom stereocenters. The summed E-state index contributed by atoms with van der Waals surface area (Å²) in [4.78, 5) is 11.3. The second kappa shape index (κ2) is 4.53. The molecule has 78 valence electrons. The van der Waals surface area contributed by atoms with Crippen LogP contribution in [0.25, 0.3) is 6.08 Å². The molecule has 0 aliphatic carbocycles. The van der Waals surface area contributed by atoms with Crippen LogP contribution in [0.5, 0.6) is 0 Å². The molecule has 0 bridgehead atoms. The van der Waals surface area contributed by atoms with Gasteiger partial charge in [0.2, 0.25) is 0 Å². The molecule has 1 heterocycles. The molecule has 1 aromatic rings. The number of carbonyl (C=O) groups excluding carboxylic acids is 1. The van der Waals surface area contributed by atoms with Crippen LogP contribution >= 0.6 is 12.6 Å². The van der Waals surface area contributed by atoms with Gasteiger partial charge in [0.1, 0.15) is 6.61 Å². The number of benzene rings is 1. The average molecular weight is 220 g/mol. The maximum Gasteiger partial charge on any atom is 0.338 e. The van der Waals surface area contributed by atoms with E-state index in [-0.39, 0.29) is 5.97 Å². The van der Waals surface area contributed by atoms with E-state index in [0.29, 0.717) is 12.2 Å². The Morgan fingerprint density at radius 3 is 3.13 bits per heavy atom. The van der Waals surface area contributed by atoms with Gasteiger partial charge in [0, 0.05) is 5.56 Å². The fourth-order valence-electron chi connectivity index (χ4n) is 1.53. The Morgan fingerprint density at radius 2 is 2.33 bits per heavy atom. The molecule has 0 N–H and O–H groups in total. The van der Waals surface area contributed by atoms with Crippen LogP contribution < -0.4 is 0 Å². The van der Waals surface area contributed by atoms with Gasteiger partial charge < -0.3 is 4.74 Å². The van der Waals surface area contributed by atoms with Gasteiger partial charge in [0.25, 0.3) is 0 Å². The zero-order valence-electron chi connectivity index (χ0n) is 8.27. The molecule has 0 radical (unpaired) electrons. The Labute approximate surface area is 94.4 Å². The topological polar surface area (TPSA) is 26.3 Å². The molecule has 0 amide bonds. The quantitative estimate of drug-likeness (QED) is 0.626. The minimum absolute atomic E-state index is 0.213. The van der Waals surface area contributed by atoms with Crippen molar-refractivity contribution in [2.24, 2.45) is 0 Å². The molecule has 2 rings (SSSR count). The lowest BCUT2D eigenvalue weighted by Gasteiger charge is -1.96. The number of hydrogen-bond donors (Lipinski definition) is 1. The van der Waals surface area contributed by atoms with Gasteiger partial charge in [-0.3, -0.25) is 0 Å². The first kappa shape index (κ1) is 10.3. The number of hydrogen-bond acceptors (Lipinski definition) is 3. The Kier molecular flexibility index (Phi) is 3.11. The van der Waals surface area contributed by atoms with Crippen molar-refractivity contribution in [3.05, 3.63) is 41.0 Å². The van der Waals surface area contributed by atoms with Crippen molar-refractivity contribution in [1.82, 2.24) is 0 Å². The zero-order chi connectivity index (χ0) is 10.7. The second-order valence-electron chi connectivity index (χ2n) is 3.41. The van der Waals surface area contributed by atoms with Crippen molar-refractivity contribution in [2.75, 3.05) is 5.75 Å². The summed E-state index contributed by atoms with van der Waals surface area (Å²) in [6.07, 6.45) is 4.99. The molecular weight excluding hydrogens is 208 g/mol. The molecule has 2 nitrogen and oxygen atoms in total. The number of cyclic esters (lactones) is 1. The van der Waals surface area contributed by atoms with Crippen LogP contribution in [0.15, 0.2) is 24.3 Å². The largest absolute Gasteiger partial charge is 0.457 e. The van der Waals surface area contributed by atoms with E-state index >= 15 is 0 Å². The van der Waals surface area contributed by atoms with E-state index in [1.54, 1.807) is 0 Å². The summed E-state index contributed by atoms with van der Waals surface area (Å²) in [6.45, 7) is 0.412. The van der Waals surface area contributed by atoms with Gasteiger partial charge in [-0.15, -0.1) is 0 Å². The third-order valence-corrected chi connectivity index (χ3v) is 2.58. The molecule has 1 aliphatic heterocycles. The number of thiol groups is 1. The Bertz CT molecular complexity index is 410. The fourth-order valence-corrected chi connectivity index (χ4v) is 1.68. The van der Waals surface area contributed by atoms with Crippen molar-refractivity contribution >= 4 is 24.7 Å². The predicted octanol–water partition coefficient (Wildman–Crippen LogP) is 2.69. The van der Waals surface area contributed by atoms with Crippen LogP contribution in [0.1, 0.15) is 27.9 Å². The smallest absolute Gasteiger partial charge is 0.338 e. The van der Waals surface area contributed by atoms with Crippen molar-refractivity contribution in [3.8, 4) is 0 Å². The highest BCUT2D eigenvalue weighted by molar-refractivity contribution is 7.80. The molecule has 15 heavy (non-hydrogen) atoms. The van der Waals surface area contributed by atoms with E-state index in [1.165, 1.54) is 0 Å². The Morgan fingerprint density at radius 1 is 1.47 bits per heavy atom. The summed E-state index contributed by atoms with van der Waals surface area (Å²) in [7, 11) is 0. The van der Waals surface area contributed by atoms with Gasteiger partial charge in [-0.05, 0) is 23.8 Å². The molecule has 0 spiro atoms. The number of carbonyl (C=O) groups is 1. The summed E-state index contributed by atoms with van der Waals surface area (Å²) in [5.41, 5.74) is 2.71. The summed E-state index contributed by atoms with van der Waals surface area (Å²) in [5, 5.41) is 0. The van der Waals surface area contributed by atoms with Crippen molar-refractivity contribution in [1.29, 1.82) is 0 Å². The molecule has 0 atom stereocenters. The minimum atomic E-state index is -0.213. The Hall–Kier alpha value is -1.22. The minimum Gasteiger partial charge on any atom is -0.457 e. The summed E-state index contributed by atoms with van der Waals surface area (Å²) in [5.74, 6) is 0.623. The van der Waals surface area contributed by atoms with E-state index in [1.807, 2.05) is 24.3 Å². The van der Waals surface area contributed by atoms with Crippen LogP contribution in [0, 0.1) is 0 Å². The summed E-state index contributed by atoms with van der Waals surface area (Å²) < 4.78 is 4.93. The molecule has 0 fully saturated rings. The molecule has 3 heteroatoms. The van der Waals surface area contributed by atoms with Crippen molar-refractivity contribution in [2.45, 2.75) is 13.0 Å². The van der Waals surface area contributed by atoms with E-state index < -0.39 is 0 Å². The van der Waals surface area contributed by atoms with Crippen LogP contribution in [-0.2, 0) is 11.3 Å². The lowest BCUT2D eigenvalue weighted by atomic mass is 10.1. The second-order valence-corrected chi connectivity index (χ2v) is 3.85. The number of esters is 1. The third-order valence-electron chi connectivity index (χ3n) is 2.32. The highest BCUT2D eigenvalue weighted by Gasteiger charge is 2.20. The van der Waals surface area contributed by atoms with Gasteiger partial charge in [0.05, 0.1) is 5.56 Å². The first-order chi connectivity index (χ1) is 7.31. The third kappa shape index (κ3) is 2.23. The van der Waals surface area contributed by atoms with Crippen LogP contribution in [0.4, 0.5) is 0 Å². The normalized spacial score (nSPS) is 14.3. The Balaban J connectivity index is 2.22. The number of fused-ring (bicyclic) bond motifs is 1. The van der Waals surface area contributed by atoms with Crippen LogP contribution in [0.2, 0.25) is 0 Å². The first-order valence-corrected chi connectivity index (χ1v) is 5.52. The van der Waals surface area contributed by atoms with E-state index in [4.69, 9.17) is 4.74 Å². The summed E-state index contributed by atoms with van der Waals surface area (Å²) in [6, 6.07) is 5.82. The summed E-state index contributed by atoms with van der Waals surface area (Å²) >= 11 is 4.12. The molecule has 0 aromatic heterocycles. The van der Waals surface area contributed by atoms with Crippen molar-refractivity contribution in [3.63, 3.8) is 0 Å². The lowest BCUT2D eigenvalue weighted by Crippen LogP contribution is -1.93. The average Bonchev–Trinajstić information content (AvgIpc) is 2.61. The van der Waals surface area contributed by atoms with E-state index in [0.717, 1.165) is 23.3 Å². The fraction of sp³-hybridized carbons (Fsp3) is 0.250. The van der Waals surface area contributed by atoms with Gasteiger partial charge in [-0.1, -0.05) is 24.3 Å². The van der Waals surface area contributed by atoms with Gasteiger partial charge in [0.15, 0.2) is 0 Å². The number of ether oxygens (including phenoxy) is 1. The SMILES string of the molecule is O=C1OCc2ccc(C=CCCS)cc21. The van der Waals surface area contributed by atoms with Gasteiger partial charge in [-0.2, -0.15) is 12.6 Å². The molecular formula is C12H12O2S. The maximum atomic E-state index is 11.3. The van der Waals surface area contributed by atoms with Gasteiger partial charge >= 0.3 is 5.97 Å². The monoisotopic (exact) mass is 220 g/mol. The van der Waals surface area contributed by atoms with Crippen LogP contribution in [0.3, 0.4) is 0 Å². The number of rotatable bonds is 3. The number of allylic oxidation sites excluding steroid dienone is 1. The molecule has 1 aromatic carbocycles. The van der Waals surface area contributed by atoms with E-state index in [9.17, 15) is 4.79 Å². The highest BCUT2D eigenvalue weighted by atomic mass is 32.1. The predicted molar refractivity (Wildman–Crippen MR) is 63.1 cm³/mol. The molecule has 1 aliphatic rings. The first-order valence-electron chi connectivity index (χ1n) is 4.88. The van der Waals surface area contributed by atoms with E-state index in [2.05, 4.69) is 18.7 Å². The highest BCUT2D eigenvalue weighted by Crippen LogP contribution is 2.21. The zero-order valence-corrected chi connectivity index (χ0v) is 9.17. The van der Waals surface area contributed by atoms with Crippen LogP contribution in [-0.4, -0.2) is 11.7 Å². The standard InChI is InChI=1S/C12H12O2S/c13-12-11-7-9(3-1-2-6-15)4-5-10(11)8-14-12/h1,3-5,7,15H,2,6,8H2. The lowest BCUT2D eigenvalue weighted by molar-refractivity contribution is 0.0535. The van der Waals surface area contributed by atoms with Gasteiger partial charge in [-0.25, -0.2) is 4.79 Å². The molecule has 0 saturated heterocycles. The van der Waals surface area contributed by atoms with Crippen molar-refractivity contribution < 1.29 is 9.53 Å². The maximum absolute atomic E-state index is 11.3.